The van der Waals surface area contributed by atoms with E-state index in [2.05, 4.69) is 0 Å². The molecule has 1 aromatic rings. The number of aromatic amines is 1. The molecule has 3 N–H and O–H groups in total. The predicted octanol–water partition coefficient (Wildman–Crippen LogP) is -1.68. The number of halogens is 1. The van der Waals surface area contributed by atoms with E-state index < -0.39 is 42.1 Å². The van der Waals surface area contributed by atoms with Crippen molar-refractivity contribution in [3.05, 3.63) is 32.9 Å². The van der Waals surface area contributed by atoms with Crippen molar-refractivity contribution in [1.29, 1.82) is 0 Å². The summed E-state index contributed by atoms with van der Waals surface area (Å²) in [4.78, 5) is 24.0. The van der Waals surface area contributed by atoms with Crippen LogP contribution in [0.2, 0.25) is 0 Å². The Bertz CT molecular complexity index is 525. The lowest BCUT2D eigenvalue weighted by molar-refractivity contribution is -0.0462. The largest absolute Gasteiger partial charge is 0.394 e. The van der Waals surface area contributed by atoms with Gasteiger partial charge in [-0.1, -0.05) is 0 Å². The molecule has 0 amide bonds. The molecule has 1 aliphatic heterocycles. The first kappa shape index (κ1) is 12.0. The molecule has 1 fully saturated rings. The highest BCUT2D eigenvalue weighted by Crippen LogP contribution is 2.26. The van der Waals surface area contributed by atoms with Gasteiger partial charge in [0.1, 0.15) is 12.3 Å². The molecule has 0 radical (unpaired) electrons. The van der Waals surface area contributed by atoms with Crippen molar-refractivity contribution in [2.24, 2.45) is 0 Å². The zero-order chi connectivity index (χ0) is 12.6. The molecule has 7 nitrogen and oxygen atoms in total. The molecule has 17 heavy (non-hydrogen) atoms. The highest BCUT2D eigenvalue weighted by molar-refractivity contribution is 4.90. The zero-order valence-electron chi connectivity index (χ0n) is 8.67. The molecule has 1 unspecified atom stereocenters. The predicted molar refractivity (Wildman–Crippen MR) is 52.9 cm³/mol. The molecule has 8 heteroatoms. The summed E-state index contributed by atoms with van der Waals surface area (Å²) in [5.41, 5.74) is -1.93. The van der Waals surface area contributed by atoms with Crippen LogP contribution in [0.15, 0.2) is 15.8 Å². The highest BCUT2D eigenvalue weighted by Gasteiger charge is 2.35. The Hall–Kier alpha value is -1.51. The number of aliphatic hydroxyl groups excluding tert-OH is 2. The molecule has 0 spiro atoms. The van der Waals surface area contributed by atoms with Gasteiger partial charge in [-0.25, -0.2) is 4.79 Å². The van der Waals surface area contributed by atoms with Gasteiger partial charge in [-0.2, -0.15) is 4.39 Å². The molecule has 2 rings (SSSR count). The Morgan fingerprint density at radius 1 is 1.59 bits per heavy atom. The van der Waals surface area contributed by atoms with E-state index >= 15 is 0 Å². The van der Waals surface area contributed by atoms with Gasteiger partial charge < -0.3 is 14.9 Å². The molecule has 0 aliphatic carbocycles. The monoisotopic (exact) mass is 246 g/mol. The lowest BCUT2D eigenvalue weighted by Gasteiger charge is -2.13. The van der Waals surface area contributed by atoms with Crippen LogP contribution in [0.1, 0.15) is 12.6 Å². The lowest BCUT2D eigenvalue weighted by atomic mass is 10.2. The summed E-state index contributed by atoms with van der Waals surface area (Å²) < 4.78 is 19.0. The van der Waals surface area contributed by atoms with Gasteiger partial charge in [0.05, 0.1) is 18.9 Å². The van der Waals surface area contributed by atoms with Crippen LogP contribution in [-0.2, 0) is 4.74 Å². The summed E-state index contributed by atoms with van der Waals surface area (Å²) in [7, 11) is 0. The van der Waals surface area contributed by atoms with Gasteiger partial charge in [0.25, 0.3) is 5.56 Å². The van der Waals surface area contributed by atoms with Crippen molar-refractivity contribution in [1.82, 2.24) is 9.55 Å². The highest BCUT2D eigenvalue weighted by atomic mass is 19.1. The summed E-state index contributed by atoms with van der Waals surface area (Å²) in [6.07, 6.45) is -1.90. The number of aromatic nitrogens is 2. The minimum Gasteiger partial charge on any atom is -0.394 e. The zero-order valence-corrected chi connectivity index (χ0v) is 8.67. The van der Waals surface area contributed by atoms with Crippen LogP contribution in [-0.4, -0.2) is 38.6 Å². The third-order valence-electron chi connectivity index (χ3n) is 2.62. The first-order valence-corrected chi connectivity index (χ1v) is 4.98. The van der Waals surface area contributed by atoms with Crippen molar-refractivity contribution in [3.63, 3.8) is 0 Å². The summed E-state index contributed by atoms with van der Waals surface area (Å²) >= 11 is 0. The van der Waals surface area contributed by atoms with Gasteiger partial charge in [-0.15, -0.1) is 0 Å². The molecule has 94 valence electrons. The smallest absolute Gasteiger partial charge is 0.330 e. The Morgan fingerprint density at radius 3 is 2.88 bits per heavy atom. The Kier molecular flexibility index (Phi) is 3.09. The minimum absolute atomic E-state index is 0.0383. The molecule has 1 aliphatic rings. The van der Waals surface area contributed by atoms with Crippen molar-refractivity contribution < 1.29 is 19.3 Å². The lowest BCUT2D eigenvalue weighted by Crippen LogP contribution is -2.34. The molecular weight excluding hydrogens is 235 g/mol. The topological polar surface area (TPSA) is 105 Å². The molecule has 2 heterocycles. The average Bonchev–Trinajstić information content (AvgIpc) is 2.65. The van der Waals surface area contributed by atoms with Crippen molar-refractivity contribution in [2.75, 3.05) is 6.61 Å². The Morgan fingerprint density at radius 2 is 2.29 bits per heavy atom. The molecule has 0 bridgehead atoms. The van der Waals surface area contributed by atoms with Crippen molar-refractivity contribution in [2.45, 2.75) is 24.9 Å². The van der Waals surface area contributed by atoms with Gasteiger partial charge in [-0.3, -0.25) is 14.3 Å². The SMILES string of the molecule is O=c1[nH]c(=O)n(C2C[C@H](O)[C@@H](CO)O2)cc1F. The Balaban J connectivity index is 2.34. The van der Waals surface area contributed by atoms with E-state index in [-0.39, 0.29) is 6.42 Å². The molecule has 3 atom stereocenters. The minimum atomic E-state index is -1.12. The van der Waals surface area contributed by atoms with E-state index in [1.807, 2.05) is 0 Å². The van der Waals surface area contributed by atoms with Crippen LogP contribution in [0.25, 0.3) is 0 Å². The number of nitrogens with zero attached hydrogens (tertiary/aromatic N) is 1. The molecule has 1 aromatic heterocycles. The number of aliphatic hydroxyl groups is 2. The fourth-order valence-electron chi connectivity index (χ4n) is 1.72. The Labute approximate surface area is 94.1 Å². The second kappa shape index (κ2) is 4.40. The number of nitrogens with one attached hydrogen (secondary N) is 1. The maximum atomic E-state index is 13.0. The van der Waals surface area contributed by atoms with Crippen LogP contribution in [0, 0.1) is 5.82 Å². The van der Waals surface area contributed by atoms with Crippen LogP contribution < -0.4 is 11.2 Å². The maximum absolute atomic E-state index is 13.0. The van der Waals surface area contributed by atoms with E-state index in [0.29, 0.717) is 0 Å². The van der Waals surface area contributed by atoms with Crippen LogP contribution in [0.3, 0.4) is 0 Å². The van der Waals surface area contributed by atoms with E-state index in [1.165, 1.54) is 0 Å². The van der Waals surface area contributed by atoms with Gasteiger partial charge >= 0.3 is 5.69 Å². The number of hydrogen-bond donors (Lipinski definition) is 3. The first-order valence-electron chi connectivity index (χ1n) is 4.98. The molecule has 0 saturated carbocycles. The van der Waals surface area contributed by atoms with Crippen molar-refractivity contribution >= 4 is 0 Å². The molecule has 0 aromatic carbocycles. The average molecular weight is 246 g/mol. The van der Waals surface area contributed by atoms with Crippen molar-refractivity contribution in [3.8, 4) is 0 Å². The maximum Gasteiger partial charge on any atom is 0.330 e. The molecular formula is C9H11FN2O5. The van der Waals surface area contributed by atoms with E-state index in [1.54, 1.807) is 4.98 Å². The second-order valence-electron chi connectivity index (χ2n) is 3.76. The number of rotatable bonds is 2. The number of ether oxygens (including phenoxy) is 1. The van der Waals surface area contributed by atoms with Gasteiger partial charge in [-0.05, 0) is 0 Å². The fourth-order valence-corrected chi connectivity index (χ4v) is 1.72. The van der Waals surface area contributed by atoms with Crippen LogP contribution in [0.5, 0.6) is 0 Å². The standard InChI is InChI=1S/C9H11FN2O5/c10-4-2-12(9(16)11-8(4)15)7-1-5(14)6(3-13)17-7/h2,5-7,13-14H,1,3H2,(H,11,15,16)/t5-,6+,7?/m0/s1. The third-order valence-corrected chi connectivity index (χ3v) is 2.62. The van der Waals surface area contributed by atoms with Gasteiger partial charge in [0, 0.05) is 6.42 Å². The number of hydrogen-bond acceptors (Lipinski definition) is 5. The van der Waals surface area contributed by atoms with Gasteiger partial charge in [0.15, 0.2) is 0 Å². The summed E-state index contributed by atoms with van der Waals surface area (Å²) in [6, 6.07) is 0. The second-order valence-corrected chi connectivity index (χ2v) is 3.76. The summed E-state index contributed by atoms with van der Waals surface area (Å²) in [6.45, 7) is -0.405. The van der Waals surface area contributed by atoms with E-state index in [9.17, 15) is 19.1 Å². The summed E-state index contributed by atoms with van der Waals surface area (Å²) in [5, 5.41) is 18.3. The first-order chi connectivity index (χ1) is 8.02. The van der Waals surface area contributed by atoms with Gasteiger partial charge in [0.2, 0.25) is 5.82 Å². The normalized spacial score (nSPS) is 28.5. The van der Waals surface area contributed by atoms with Crippen LogP contribution in [0.4, 0.5) is 4.39 Å². The quantitative estimate of drug-likeness (QED) is 0.578. The molecule has 1 saturated heterocycles. The number of H-pyrrole nitrogens is 1. The fraction of sp³-hybridized carbons (Fsp3) is 0.556. The van der Waals surface area contributed by atoms with E-state index in [0.717, 1.165) is 10.8 Å². The van der Waals surface area contributed by atoms with E-state index in [4.69, 9.17) is 9.84 Å². The van der Waals surface area contributed by atoms with Crippen LogP contribution >= 0.6 is 0 Å². The third kappa shape index (κ3) is 2.14. The summed E-state index contributed by atoms with van der Waals surface area (Å²) in [5.74, 6) is -1.12.